The fourth-order valence-corrected chi connectivity index (χ4v) is 2.98. The lowest BCUT2D eigenvalue weighted by Gasteiger charge is -2.22. The van der Waals surface area contributed by atoms with E-state index >= 15 is 0 Å². The first-order chi connectivity index (χ1) is 7.33. The Morgan fingerprint density at radius 3 is 2.87 bits per heavy atom. The number of carbonyl (C=O) groups is 1. The number of ether oxygens (including phenoxy) is 1. The molecule has 2 N–H and O–H groups in total. The average molecular weight is 210 g/mol. The molecule has 0 saturated carbocycles. The van der Waals surface area contributed by atoms with Crippen molar-refractivity contribution >= 4 is 5.91 Å². The number of rotatable bonds is 2. The highest BCUT2D eigenvalue weighted by atomic mass is 16.5. The molecule has 3 saturated heterocycles. The first-order valence-electron chi connectivity index (χ1n) is 6.02. The highest BCUT2D eigenvalue weighted by Gasteiger charge is 2.42. The minimum Gasteiger partial charge on any atom is -0.373 e. The van der Waals surface area contributed by atoms with Crippen LogP contribution in [0.4, 0.5) is 0 Å². The zero-order valence-corrected chi connectivity index (χ0v) is 8.87. The van der Waals surface area contributed by atoms with Crippen LogP contribution in [0.15, 0.2) is 0 Å². The summed E-state index contributed by atoms with van der Waals surface area (Å²) < 4.78 is 5.71. The average Bonchev–Trinajstić information content (AvgIpc) is 2.95. The standard InChI is InChI=1S/C11H18N2O2/c14-11(8-2-1-5-12-8)13-9-6-7-3-4-10(9)15-7/h7-10,12H,1-6H2,(H,13,14)/t7?,8-,9?,10?/m1/s1. The smallest absolute Gasteiger partial charge is 0.237 e. The molecule has 3 heterocycles. The minimum atomic E-state index is 0.0455. The fraction of sp³-hybridized carbons (Fsp3) is 0.909. The summed E-state index contributed by atoms with van der Waals surface area (Å²) >= 11 is 0. The van der Waals surface area contributed by atoms with E-state index in [-0.39, 0.29) is 18.0 Å². The predicted octanol–water partition coefficient (Wildman–Crippen LogP) is 0.174. The summed E-state index contributed by atoms with van der Waals surface area (Å²) in [5, 5.41) is 6.35. The van der Waals surface area contributed by atoms with Gasteiger partial charge in [-0.05, 0) is 38.6 Å². The molecule has 0 aromatic rings. The molecule has 3 fully saturated rings. The van der Waals surface area contributed by atoms with E-state index in [1.807, 2.05) is 0 Å². The van der Waals surface area contributed by atoms with Gasteiger partial charge >= 0.3 is 0 Å². The van der Waals surface area contributed by atoms with Crippen LogP contribution in [-0.2, 0) is 9.53 Å². The molecule has 3 aliphatic heterocycles. The summed E-state index contributed by atoms with van der Waals surface area (Å²) in [5.74, 6) is 0.175. The molecule has 3 unspecified atom stereocenters. The van der Waals surface area contributed by atoms with Crippen molar-refractivity contribution in [3.8, 4) is 0 Å². The second-order valence-electron chi connectivity index (χ2n) is 4.87. The van der Waals surface area contributed by atoms with Gasteiger partial charge in [0, 0.05) is 0 Å². The van der Waals surface area contributed by atoms with E-state index in [1.54, 1.807) is 0 Å². The van der Waals surface area contributed by atoms with Gasteiger partial charge in [0.2, 0.25) is 5.91 Å². The molecular formula is C11H18N2O2. The maximum absolute atomic E-state index is 11.8. The summed E-state index contributed by atoms with van der Waals surface area (Å²) in [6, 6.07) is 0.322. The Morgan fingerprint density at radius 2 is 2.27 bits per heavy atom. The van der Waals surface area contributed by atoms with E-state index < -0.39 is 0 Å². The van der Waals surface area contributed by atoms with Gasteiger partial charge in [-0.15, -0.1) is 0 Å². The van der Waals surface area contributed by atoms with Crippen LogP contribution in [0, 0.1) is 0 Å². The zero-order valence-electron chi connectivity index (χ0n) is 8.87. The van der Waals surface area contributed by atoms with Crippen molar-refractivity contribution < 1.29 is 9.53 Å². The maximum Gasteiger partial charge on any atom is 0.237 e. The highest BCUT2D eigenvalue weighted by molar-refractivity contribution is 5.82. The third-order valence-electron chi connectivity index (χ3n) is 3.81. The van der Waals surface area contributed by atoms with Gasteiger partial charge in [-0.3, -0.25) is 4.79 Å². The van der Waals surface area contributed by atoms with Crippen LogP contribution in [0.5, 0.6) is 0 Å². The van der Waals surface area contributed by atoms with Crippen LogP contribution in [0.3, 0.4) is 0 Å². The zero-order chi connectivity index (χ0) is 10.3. The van der Waals surface area contributed by atoms with Gasteiger partial charge in [0.1, 0.15) is 0 Å². The Hall–Kier alpha value is -0.610. The van der Waals surface area contributed by atoms with Crippen molar-refractivity contribution in [2.45, 2.75) is 56.4 Å². The second-order valence-corrected chi connectivity index (χ2v) is 4.87. The maximum atomic E-state index is 11.8. The monoisotopic (exact) mass is 210 g/mol. The van der Waals surface area contributed by atoms with Crippen molar-refractivity contribution in [3.63, 3.8) is 0 Å². The molecule has 4 heteroatoms. The van der Waals surface area contributed by atoms with Crippen LogP contribution in [-0.4, -0.2) is 36.7 Å². The van der Waals surface area contributed by atoms with Crippen molar-refractivity contribution in [3.05, 3.63) is 0 Å². The van der Waals surface area contributed by atoms with E-state index in [9.17, 15) is 4.79 Å². The lowest BCUT2D eigenvalue weighted by molar-refractivity contribution is -0.123. The summed E-state index contributed by atoms with van der Waals surface area (Å²) in [4.78, 5) is 11.8. The number of hydrogen-bond donors (Lipinski definition) is 2. The molecule has 0 spiro atoms. The van der Waals surface area contributed by atoms with Crippen molar-refractivity contribution in [1.82, 2.24) is 10.6 Å². The molecule has 4 atom stereocenters. The first-order valence-corrected chi connectivity index (χ1v) is 6.02. The number of fused-ring (bicyclic) bond motifs is 2. The summed E-state index contributed by atoms with van der Waals surface area (Å²) in [5.41, 5.74) is 0. The quantitative estimate of drug-likeness (QED) is 0.683. The molecule has 2 bridgehead atoms. The van der Waals surface area contributed by atoms with Gasteiger partial charge < -0.3 is 15.4 Å². The normalized spacial score (nSPS) is 43.5. The van der Waals surface area contributed by atoms with Crippen LogP contribution in [0.2, 0.25) is 0 Å². The first kappa shape index (κ1) is 9.60. The van der Waals surface area contributed by atoms with Gasteiger partial charge in [-0.2, -0.15) is 0 Å². The highest BCUT2D eigenvalue weighted by Crippen LogP contribution is 2.34. The lowest BCUT2D eigenvalue weighted by Crippen LogP contribution is -2.48. The molecule has 3 rings (SSSR count). The van der Waals surface area contributed by atoms with Crippen molar-refractivity contribution in [2.75, 3.05) is 6.54 Å². The molecule has 15 heavy (non-hydrogen) atoms. The Kier molecular flexibility index (Phi) is 2.41. The van der Waals surface area contributed by atoms with E-state index in [4.69, 9.17) is 4.74 Å². The largest absolute Gasteiger partial charge is 0.373 e. The summed E-state index contributed by atoms with van der Waals surface area (Å²) in [6.45, 7) is 0.977. The number of amides is 1. The van der Waals surface area contributed by atoms with Crippen molar-refractivity contribution in [2.24, 2.45) is 0 Å². The molecule has 0 aliphatic carbocycles. The molecular weight excluding hydrogens is 192 g/mol. The van der Waals surface area contributed by atoms with E-state index in [0.29, 0.717) is 12.2 Å². The van der Waals surface area contributed by atoms with Gasteiger partial charge in [-0.25, -0.2) is 0 Å². The Balaban J connectivity index is 1.54. The van der Waals surface area contributed by atoms with E-state index in [0.717, 1.165) is 32.2 Å². The Labute approximate surface area is 89.7 Å². The van der Waals surface area contributed by atoms with Gasteiger partial charge in [0.15, 0.2) is 0 Å². The molecule has 0 radical (unpaired) electrons. The molecule has 0 aromatic carbocycles. The SMILES string of the molecule is O=C(NC1CC2CCC1O2)[C@H]1CCCN1. The van der Waals surface area contributed by atoms with Crippen LogP contribution >= 0.6 is 0 Å². The predicted molar refractivity (Wildman–Crippen MR) is 55.5 cm³/mol. The topological polar surface area (TPSA) is 50.4 Å². The van der Waals surface area contributed by atoms with Gasteiger partial charge in [0.05, 0.1) is 24.3 Å². The molecule has 4 nitrogen and oxygen atoms in total. The Morgan fingerprint density at radius 1 is 1.33 bits per heavy atom. The van der Waals surface area contributed by atoms with Crippen LogP contribution < -0.4 is 10.6 Å². The van der Waals surface area contributed by atoms with E-state index in [1.165, 1.54) is 6.42 Å². The molecule has 1 amide bonds. The third-order valence-corrected chi connectivity index (χ3v) is 3.81. The van der Waals surface area contributed by atoms with E-state index in [2.05, 4.69) is 10.6 Å². The van der Waals surface area contributed by atoms with Crippen LogP contribution in [0.1, 0.15) is 32.1 Å². The lowest BCUT2D eigenvalue weighted by atomic mass is 9.95. The number of nitrogens with one attached hydrogen (secondary N) is 2. The number of hydrogen-bond acceptors (Lipinski definition) is 3. The Bertz CT molecular complexity index is 263. The molecule has 0 aromatic heterocycles. The number of carbonyl (C=O) groups excluding carboxylic acids is 1. The van der Waals surface area contributed by atoms with Gasteiger partial charge in [-0.1, -0.05) is 0 Å². The summed E-state index contributed by atoms with van der Waals surface area (Å²) in [7, 11) is 0. The summed E-state index contributed by atoms with van der Waals surface area (Å²) in [6.07, 6.45) is 6.12. The van der Waals surface area contributed by atoms with Gasteiger partial charge in [0.25, 0.3) is 0 Å². The second kappa shape index (κ2) is 3.76. The van der Waals surface area contributed by atoms with Crippen LogP contribution in [0.25, 0.3) is 0 Å². The third kappa shape index (κ3) is 1.76. The minimum absolute atomic E-state index is 0.0455. The molecule has 84 valence electrons. The molecule has 3 aliphatic rings. The van der Waals surface area contributed by atoms with Crippen molar-refractivity contribution in [1.29, 1.82) is 0 Å². The fourth-order valence-electron chi connectivity index (χ4n) is 2.98.